The van der Waals surface area contributed by atoms with Crippen molar-refractivity contribution in [3.63, 3.8) is 0 Å². The number of hydrogen-bond donors (Lipinski definition) is 1. The lowest BCUT2D eigenvalue weighted by molar-refractivity contribution is 0.622. The van der Waals surface area contributed by atoms with Crippen molar-refractivity contribution in [3.05, 3.63) is 29.3 Å². The molecule has 0 aliphatic heterocycles. The summed E-state index contributed by atoms with van der Waals surface area (Å²) in [6.45, 7) is 4.09. The van der Waals surface area contributed by atoms with Crippen molar-refractivity contribution in [3.8, 4) is 5.75 Å². The molecule has 0 aliphatic rings. The van der Waals surface area contributed by atoms with Crippen LogP contribution in [0.4, 0.5) is 0 Å². The van der Waals surface area contributed by atoms with E-state index >= 15 is 0 Å². The molecule has 1 N–H and O–H groups in total. The lowest BCUT2D eigenvalue weighted by Gasteiger charge is -2.07. The van der Waals surface area contributed by atoms with E-state index < -0.39 is 0 Å². The van der Waals surface area contributed by atoms with Gasteiger partial charge in [0.15, 0.2) is 8.96 Å². The van der Waals surface area contributed by atoms with Gasteiger partial charge in [0.1, 0.15) is 14.3 Å². The Balaban J connectivity index is 2.53. The molecular formula is C8H13N2OP3. The molecule has 0 bridgehead atoms. The second-order valence-corrected chi connectivity index (χ2v) is 5.23. The fourth-order valence-corrected chi connectivity index (χ4v) is 2.37. The van der Waals surface area contributed by atoms with Gasteiger partial charge >= 0.3 is 0 Å². The van der Waals surface area contributed by atoms with Crippen LogP contribution in [0.1, 0.15) is 11.1 Å². The van der Waals surface area contributed by atoms with Crippen LogP contribution >= 0.6 is 26.9 Å². The fraction of sp³-hybridized carbons (Fsp3) is 0.250. The van der Waals surface area contributed by atoms with Crippen LogP contribution in [0.25, 0.3) is 0 Å². The standard InChI is InChI=1S/C8H13N2OP3/c1-6-3-4-7(2)8(5-6)11-14-10-13-9-12/h3-5,14H,12H2,1-2H3,(H,9,10). The van der Waals surface area contributed by atoms with Gasteiger partial charge in [0.2, 0.25) is 0 Å². The maximum atomic E-state index is 5.56. The summed E-state index contributed by atoms with van der Waals surface area (Å²) in [5.41, 5.74) is 2.37. The summed E-state index contributed by atoms with van der Waals surface area (Å²) in [4.78, 5) is 3.02. The largest absolute Gasteiger partial charge is 0.460 e. The first kappa shape index (κ1) is 12.0. The number of benzene rings is 1. The van der Waals surface area contributed by atoms with Gasteiger partial charge in [0.25, 0.3) is 0 Å². The van der Waals surface area contributed by atoms with E-state index in [9.17, 15) is 0 Å². The van der Waals surface area contributed by atoms with Crippen LogP contribution in [0.2, 0.25) is 0 Å². The van der Waals surface area contributed by atoms with E-state index in [1.807, 2.05) is 13.0 Å². The maximum absolute atomic E-state index is 5.56. The van der Waals surface area contributed by atoms with E-state index in [4.69, 9.17) is 4.52 Å². The van der Waals surface area contributed by atoms with Gasteiger partial charge in [-0.15, -0.1) is 0 Å². The maximum Gasteiger partial charge on any atom is 0.155 e. The quantitative estimate of drug-likeness (QED) is 0.650. The molecule has 0 radical (unpaired) electrons. The second kappa shape index (κ2) is 6.43. The third kappa shape index (κ3) is 3.98. The highest BCUT2D eigenvalue weighted by Crippen LogP contribution is 2.25. The van der Waals surface area contributed by atoms with Crippen LogP contribution in [0.15, 0.2) is 22.7 Å². The monoisotopic (exact) mass is 246 g/mol. The predicted molar refractivity (Wildman–Crippen MR) is 67.1 cm³/mol. The Morgan fingerprint density at radius 2 is 2.29 bits per heavy atom. The highest BCUT2D eigenvalue weighted by Gasteiger charge is 1.98. The van der Waals surface area contributed by atoms with Crippen LogP contribution in [0.3, 0.4) is 0 Å². The van der Waals surface area contributed by atoms with Crippen molar-refractivity contribution >= 4 is 26.9 Å². The molecule has 1 aromatic carbocycles. The molecule has 1 aromatic rings. The summed E-state index contributed by atoms with van der Waals surface area (Å²) in [5, 5.41) is 0. The third-order valence-corrected chi connectivity index (χ3v) is 3.21. The topological polar surface area (TPSA) is 33.6 Å². The fourth-order valence-electron chi connectivity index (χ4n) is 0.944. The van der Waals surface area contributed by atoms with E-state index in [-0.39, 0.29) is 8.96 Å². The van der Waals surface area contributed by atoms with Gasteiger partial charge < -0.3 is 4.52 Å². The van der Waals surface area contributed by atoms with Crippen molar-refractivity contribution in [2.45, 2.75) is 13.8 Å². The molecule has 14 heavy (non-hydrogen) atoms. The van der Waals surface area contributed by atoms with Gasteiger partial charge in [0, 0.05) is 0 Å². The smallest absolute Gasteiger partial charge is 0.155 e. The zero-order valence-corrected chi connectivity index (χ0v) is 11.2. The number of hydrogen-bond acceptors (Lipinski definition) is 2. The summed E-state index contributed by atoms with van der Waals surface area (Å²) in [7, 11) is 3.36. The summed E-state index contributed by atoms with van der Waals surface area (Å²) in [6.07, 6.45) is 0. The van der Waals surface area contributed by atoms with Crippen molar-refractivity contribution in [1.82, 2.24) is 4.86 Å². The zero-order chi connectivity index (χ0) is 10.4. The first-order valence-electron chi connectivity index (χ1n) is 4.08. The van der Waals surface area contributed by atoms with Gasteiger partial charge in [-0.2, -0.15) is 0 Å². The summed E-state index contributed by atoms with van der Waals surface area (Å²) in [5.74, 6) is 0.940. The van der Waals surface area contributed by atoms with Crippen LogP contribution < -0.4 is 9.38 Å². The van der Waals surface area contributed by atoms with Gasteiger partial charge in [-0.3, -0.25) is 0 Å². The molecular weight excluding hydrogens is 233 g/mol. The van der Waals surface area contributed by atoms with Gasteiger partial charge in [0.05, 0.1) is 0 Å². The highest BCUT2D eigenvalue weighted by molar-refractivity contribution is 7.46. The third-order valence-electron chi connectivity index (χ3n) is 1.66. The Labute approximate surface area is 90.1 Å². The molecule has 0 aliphatic carbocycles. The molecule has 3 nitrogen and oxygen atoms in total. The van der Waals surface area contributed by atoms with E-state index in [0.29, 0.717) is 0 Å². The van der Waals surface area contributed by atoms with Crippen molar-refractivity contribution in [1.29, 1.82) is 0 Å². The van der Waals surface area contributed by atoms with Gasteiger partial charge in [-0.1, -0.05) is 12.1 Å². The molecule has 2 unspecified atom stereocenters. The lowest BCUT2D eigenvalue weighted by atomic mass is 10.1. The van der Waals surface area contributed by atoms with Gasteiger partial charge in [-0.25, -0.2) is 9.37 Å². The first-order valence-corrected chi connectivity index (χ1v) is 6.35. The van der Waals surface area contributed by atoms with Crippen LogP contribution in [0.5, 0.6) is 5.75 Å². The molecule has 1 rings (SSSR count). The van der Waals surface area contributed by atoms with E-state index in [1.54, 1.807) is 0 Å². The summed E-state index contributed by atoms with van der Waals surface area (Å²) >= 11 is 0. The SMILES string of the molecule is Cc1ccc(C)c(OPNP=NP)c1. The summed E-state index contributed by atoms with van der Waals surface area (Å²) in [6, 6.07) is 6.18. The van der Waals surface area contributed by atoms with Crippen molar-refractivity contribution in [2.75, 3.05) is 0 Å². The second-order valence-electron chi connectivity index (χ2n) is 2.80. The Hall–Kier alpha value is -0.0600. The first-order chi connectivity index (χ1) is 6.74. The average Bonchev–Trinajstić information content (AvgIpc) is 2.18. The number of aryl methyl sites for hydroxylation is 2. The lowest BCUT2D eigenvalue weighted by Crippen LogP contribution is -1.89. The molecule has 0 saturated carbocycles. The van der Waals surface area contributed by atoms with Crippen LogP contribution in [-0.4, -0.2) is 0 Å². The molecule has 76 valence electrons. The number of nitrogens with one attached hydrogen (secondary N) is 1. The zero-order valence-electron chi connectivity index (χ0n) is 8.11. The Morgan fingerprint density at radius 1 is 1.50 bits per heavy atom. The van der Waals surface area contributed by atoms with E-state index in [1.165, 1.54) is 5.56 Å². The van der Waals surface area contributed by atoms with E-state index in [2.05, 4.69) is 37.8 Å². The minimum Gasteiger partial charge on any atom is -0.460 e. The molecule has 0 aromatic heterocycles. The molecule has 0 spiro atoms. The molecule has 6 heteroatoms. The Morgan fingerprint density at radius 3 is 3.00 bits per heavy atom. The van der Waals surface area contributed by atoms with Crippen molar-refractivity contribution in [2.24, 2.45) is 4.52 Å². The molecule has 0 amide bonds. The van der Waals surface area contributed by atoms with Gasteiger partial charge in [-0.05, 0) is 40.4 Å². The average molecular weight is 246 g/mol. The van der Waals surface area contributed by atoms with Crippen LogP contribution in [-0.2, 0) is 0 Å². The minimum atomic E-state index is 0.240. The van der Waals surface area contributed by atoms with Crippen LogP contribution in [0, 0.1) is 13.8 Å². The number of rotatable bonds is 4. The number of nitrogens with zero attached hydrogens (tertiary/aromatic N) is 1. The van der Waals surface area contributed by atoms with E-state index in [0.717, 1.165) is 19.8 Å². The van der Waals surface area contributed by atoms with Crippen molar-refractivity contribution < 1.29 is 4.52 Å². The Kier molecular flexibility index (Phi) is 5.52. The molecule has 0 fully saturated rings. The highest BCUT2D eigenvalue weighted by atomic mass is 31.1. The normalized spacial score (nSPS) is 11.6. The minimum absolute atomic E-state index is 0.240. The molecule has 0 heterocycles. The molecule has 2 atom stereocenters. The predicted octanol–water partition coefficient (Wildman–Crippen LogP) is 3.62. The molecule has 0 saturated heterocycles. The summed E-state index contributed by atoms with van der Waals surface area (Å²) < 4.78 is 9.37. The Bertz CT molecular complexity index is 330.